The van der Waals surface area contributed by atoms with Crippen LogP contribution in [0.5, 0.6) is 0 Å². The van der Waals surface area contributed by atoms with Gasteiger partial charge in [-0.25, -0.2) is 12.8 Å². The summed E-state index contributed by atoms with van der Waals surface area (Å²) in [7, 11) is -1.84. The molecule has 0 saturated carbocycles. The van der Waals surface area contributed by atoms with Crippen molar-refractivity contribution < 1.29 is 12.8 Å². The van der Waals surface area contributed by atoms with Crippen LogP contribution < -0.4 is 15.4 Å². The molecule has 1 aromatic carbocycles. The summed E-state index contributed by atoms with van der Waals surface area (Å²) in [5.74, 6) is -0.141. The molecule has 3 aromatic rings. The summed E-state index contributed by atoms with van der Waals surface area (Å²) < 4.78 is 39.2. The second kappa shape index (κ2) is 6.59. The predicted molar refractivity (Wildman–Crippen MR) is 103 cm³/mol. The number of anilines is 2. The van der Waals surface area contributed by atoms with E-state index in [2.05, 4.69) is 15.1 Å². The number of benzene rings is 1. The number of H-pyrrole nitrogens is 1. The lowest BCUT2D eigenvalue weighted by molar-refractivity contribution is 0.591. The fourth-order valence-electron chi connectivity index (χ4n) is 3.38. The lowest BCUT2D eigenvalue weighted by atomic mass is 10.2. The van der Waals surface area contributed by atoms with Crippen molar-refractivity contribution in [3.8, 4) is 0 Å². The molecular weight excluding hydrogens is 387 g/mol. The molecule has 0 spiro atoms. The Morgan fingerprint density at radius 2 is 1.82 bits per heavy atom. The zero-order valence-corrected chi connectivity index (χ0v) is 16.2. The molecule has 1 saturated heterocycles. The molecule has 1 fully saturated rings. The maximum atomic E-state index is 13.6. The standard InChI is InChI=1S/C17H19FN6O3S/c1-22-15-12(10-19-22)16(25)21-17(20-15)24-7-5-23(6-8-24)13-4-3-11(18)9-14(13)28(2,26)27/h3-4,9-10H,5-8H2,1-2H3,(H,20,21,25). The van der Waals surface area contributed by atoms with Crippen LogP contribution in [0.25, 0.3) is 11.0 Å². The summed E-state index contributed by atoms with van der Waals surface area (Å²) in [5.41, 5.74) is 0.722. The number of aromatic amines is 1. The van der Waals surface area contributed by atoms with Crippen molar-refractivity contribution in [3.05, 3.63) is 40.6 Å². The number of rotatable bonds is 3. The van der Waals surface area contributed by atoms with Crippen molar-refractivity contribution in [2.45, 2.75) is 4.90 Å². The van der Waals surface area contributed by atoms with Crippen LogP contribution in [0, 0.1) is 5.82 Å². The molecule has 148 valence electrons. The van der Waals surface area contributed by atoms with Gasteiger partial charge >= 0.3 is 0 Å². The lowest BCUT2D eigenvalue weighted by Crippen LogP contribution is -2.47. The molecule has 3 heterocycles. The smallest absolute Gasteiger partial charge is 0.263 e. The Hall–Kier alpha value is -2.95. The molecular formula is C17H19FN6O3S. The zero-order chi connectivity index (χ0) is 20.1. The average Bonchev–Trinajstić information content (AvgIpc) is 3.03. The average molecular weight is 406 g/mol. The van der Waals surface area contributed by atoms with Crippen molar-refractivity contribution >= 4 is 32.5 Å². The SMILES string of the molecule is Cn1ncc2c(=O)[nH]c(N3CCN(c4ccc(F)cc4S(C)(=O)=O)CC3)nc21. The van der Waals surface area contributed by atoms with Gasteiger partial charge in [-0.15, -0.1) is 0 Å². The number of nitrogens with zero attached hydrogens (tertiary/aromatic N) is 5. The first-order valence-corrected chi connectivity index (χ1v) is 10.5. The third-order valence-corrected chi connectivity index (χ3v) is 5.96. The first kappa shape index (κ1) is 18.4. The Kier molecular flexibility index (Phi) is 4.33. The molecule has 11 heteroatoms. The van der Waals surface area contributed by atoms with E-state index >= 15 is 0 Å². The topological polar surface area (TPSA) is 104 Å². The van der Waals surface area contributed by atoms with Gasteiger partial charge in [0, 0.05) is 39.5 Å². The second-order valence-electron chi connectivity index (χ2n) is 6.75. The number of nitrogens with one attached hydrogen (secondary N) is 1. The summed E-state index contributed by atoms with van der Waals surface area (Å²) in [4.78, 5) is 23.3. The minimum atomic E-state index is -3.56. The number of hydrogen-bond acceptors (Lipinski definition) is 7. The van der Waals surface area contributed by atoms with Crippen molar-refractivity contribution in [1.82, 2.24) is 19.7 Å². The van der Waals surface area contributed by atoms with Gasteiger partial charge in [0.05, 0.1) is 16.8 Å². The highest BCUT2D eigenvalue weighted by molar-refractivity contribution is 7.90. The zero-order valence-electron chi connectivity index (χ0n) is 15.4. The Labute approximate surface area is 160 Å². The van der Waals surface area contributed by atoms with Gasteiger partial charge < -0.3 is 9.80 Å². The third-order valence-electron chi connectivity index (χ3n) is 4.83. The van der Waals surface area contributed by atoms with E-state index < -0.39 is 15.7 Å². The molecule has 0 atom stereocenters. The van der Waals surface area contributed by atoms with Crippen LogP contribution in [0.15, 0.2) is 34.1 Å². The highest BCUT2D eigenvalue weighted by atomic mass is 32.2. The first-order valence-electron chi connectivity index (χ1n) is 8.65. The van der Waals surface area contributed by atoms with E-state index in [9.17, 15) is 17.6 Å². The molecule has 9 nitrogen and oxygen atoms in total. The van der Waals surface area contributed by atoms with Gasteiger partial charge in [0.2, 0.25) is 5.95 Å². The molecule has 0 unspecified atom stereocenters. The van der Waals surface area contributed by atoms with E-state index in [1.165, 1.54) is 18.3 Å². The highest BCUT2D eigenvalue weighted by Crippen LogP contribution is 2.27. The highest BCUT2D eigenvalue weighted by Gasteiger charge is 2.24. The van der Waals surface area contributed by atoms with Crippen molar-refractivity contribution in [3.63, 3.8) is 0 Å². The van der Waals surface area contributed by atoms with Gasteiger partial charge in [0.15, 0.2) is 15.5 Å². The van der Waals surface area contributed by atoms with Crippen LogP contribution in [-0.2, 0) is 16.9 Å². The number of fused-ring (bicyclic) bond motifs is 1. The summed E-state index contributed by atoms with van der Waals surface area (Å²) >= 11 is 0. The molecule has 28 heavy (non-hydrogen) atoms. The van der Waals surface area contributed by atoms with E-state index in [1.54, 1.807) is 11.7 Å². The summed E-state index contributed by atoms with van der Waals surface area (Å²) in [6.07, 6.45) is 2.55. The maximum absolute atomic E-state index is 13.6. The molecule has 0 aliphatic carbocycles. The first-order chi connectivity index (χ1) is 13.2. The van der Waals surface area contributed by atoms with Crippen LogP contribution in [0.3, 0.4) is 0 Å². The van der Waals surface area contributed by atoms with Gasteiger partial charge in [-0.2, -0.15) is 10.1 Å². The Morgan fingerprint density at radius 1 is 1.14 bits per heavy atom. The summed E-state index contributed by atoms with van der Waals surface area (Å²) in [6.45, 7) is 2.04. The third kappa shape index (κ3) is 3.21. The number of aromatic nitrogens is 4. The molecule has 1 N–H and O–H groups in total. The van der Waals surface area contributed by atoms with E-state index in [0.29, 0.717) is 48.8 Å². The van der Waals surface area contributed by atoms with E-state index in [0.717, 1.165) is 12.3 Å². The minimum Gasteiger partial charge on any atom is -0.367 e. The number of aryl methyl sites for hydroxylation is 1. The fourth-order valence-corrected chi connectivity index (χ4v) is 4.28. The Bertz CT molecular complexity index is 1210. The molecule has 4 rings (SSSR count). The van der Waals surface area contributed by atoms with Gasteiger partial charge in [-0.1, -0.05) is 0 Å². The summed E-state index contributed by atoms with van der Waals surface area (Å²) in [5, 5.41) is 4.48. The fraction of sp³-hybridized carbons (Fsp3) is 0.353. The normalized spacial score (nSPS) is 15.4. The van der Waals surface area contributed by atoms with Crippen molar-refractivity contribution in [1.29, 1.82) is 0 Å². The van der Waals surface area contributed by atoms with Gasteiger partial charge in [-0.3, -0.25) is 14.5 Å². The Morgan fingerprint density at radius 3 is 2.50 bits per heavy atom. The predicted octanol–water partition coefficient (Wildman–Crippen LogP) is 0.526. The maximum Gasteiger partial charge on any atom is 0.263 e. The van der Waals surface area contributed by atoms with E-state index in [4.69, 9.17) is 0 Å². The Balaban J connectivity index is 1.59. The van der Waals surface area contributed by atoms with Crippen LogP contribution in [0.1, 0.15) is 0 Å². The van der Waals surface area contributed by atoms with Crippen LogP contribution >= 0.6 is 0 Å². The molecule has 2 aromatic heterocycles. The largest absolute Gasteiger partial charge is 0.367 e. The van der Waals surface area contributed by atoms with Gasteiger partial charge in [0.1, 0.15) is 11.2 Å². The molecule has 1 aliphatic heterocycles. The van der Waals surface area contributed by atoms with Gasteiger partial charge in [-0.05, 0) is 18.2 Å². The number of hydrogen-bond donors (Lipinski definition) is 1. The van der Waals surface area contributed by atoms with Crippen LogP contribution in [0.2, 0.25) is 0 Å². The molecule has 1 aliphatic rings. The number of sulfone groups is 1. The van der Waals surface area contributed by atoms with Crippen LogP contribution in [-0.4, -0.2) is 60.6 Å². The summed E-state index contributed by atoms with van der Waals surface area (Å²) in [6, 6.07) is 3.79. The second-order valence-corrected chi connectivity index (χ2v) is 8.74. The minimum absolute atomic E-state index is 0.0243. The monoisotopic (exact) mass is 406 g/mol. The quantitative estimate of drug-likeness (QED) is 0.676. The van der Waals surface area contributed by atoms with E-state index in [-0.39, 0.29) is 10.5 Å². The van der Waals surface area contributed by atoms with Crippen molar-refractivity contribution in [2.75, 3.05) is 42.2 Å². The molecule has 0 radical (unpaired) electrons. The molecule has 0 bridgehead atoms. The van der Waals surface area contributed by atoms with Crippen LogP contribution in [0.4, 0.5) is 16.0 Å². The van der Waals surface area contributed by atoms with E-state index in [1.807, 2.05) is 9.80 Å². The van der Waals surface area contributed by atoms with Gasteiger partial charge in [0.25, 0.3) is 5.56 Å². The number of piperazine rings is 1. The number of halogens is 1. The molecule has 0 amide bonds. The van der Waals surface area contributed by atoms with Crippen molar-refractivity contribution in [2.24, 2.45) is 7.05 Å². The lowest BCUT2D eigenvalue weighted by Gasteiger charge is -2.37.